The molecule has 0 bridgehead atoms. The fourth-order valence-corrected chi connectivity index (χ4v) is 2.52. The first-order chi connectivity index (χ1) is 9.26. The summed E-state index contributed by atoms with van der Waals surface area (Å²) in [5.41, 5.74) is 0.708. The molecular weight excluding hydrogens is 240 g/mol. The fraction of sp³-hybridized carbons (Fsp3) is 0.533. The maximum Gasteiger partial charge on any atom is 0.254 e. The van der Waals surface area contributed by atoms with E-state index in [0.717, 1.165) is 38.2 Å². The molecule has 104 valence electrons. The lowest BCUT2D eigenvalue weighted by Crippen LogP contribution is -2.42. The van der Waals surface area contributed by atoms with Crippen LogP contribution in [-0.2, 0) is 0 Å². The summed E-state index contributed by atoms with van der Waals surface area (Å²) in [5.74, 6) is 0.835. The van der Waals surface area contributed by atoms with E-state index < -0.39 is 0 Å². The molecule has 0 radical (unpaired) electrons. The van der Waals surface area contributed by atoms with Crippen molar-refractivity contribution in [2.75, 3.05) is 26.7 Å². The van der Waals surface area contributed by atoms with Gasteiger partial charge < -0.3 is 15.0 Å². The molecule has 0 unspecified atom stereocenters. The number of benzene rings is 1. The summed E-state index contributed by atoms with van der Waals surface area (Å²) in [6.45, 7) is 4.81. The Morgan fingerprint density at radius 1 is 1.53 bits per heavy atom. The highest BCUT2D eigenvalue weighted by atomic mass is 16.5. The highest BCUT2D eigenvalue weighted by Crippen LogP contribution is 2.18. The second-order valence-corrected chi connectivity index (χ2v) is 4.88. The summed E-state index contributed by atoms with van der Waals surface area (Å²) in [6.07, 6.45) is 2.02. The van der Waals surface area contributed by atoms with Crippen LogP contribution in [0.4, 0.5) is 0 Å². The van der Waals surface area contributed by atoms with Crippen LogP contribution in [-0.4, -0.2) is 43.6 Å². The molecule has 0 aromatic heterocycles. The van der Waals surface area contributed by atoms with E-state index in [4.69, 9.17) is 4.74 Å². The van der Waals surface area contributed by atoms with E-state index in [1.165, 1.54) is 0 Å². The van der Waals surface area contributed by atoms with Crippen molar-refractivity contribution in [1.29, 1.82) is 0 Å². The molecule has 1 amide bonds. The van der Waals surface area contributed by atoms with Crippen molar-refractivity contribution in [3.05, 3.63) is 29.8 Å². The van der Waals surface area contributed by atoms with Crippen molar-refractivity contribution < 1.29 is 9.53 Å². The lowest BCUT2D eigenvalue weighted by Gasteiger charge is -2.28. The monoisotopic (exact) mass is 262 g/mol. The van der Waals surface area contributed by atoms with Crippen LogP contribution >= 0.6 is 0 Å². The van der Waals surface area contributed by atoms with Gasteiger partial charge in [0.05, 0.1) is 7.11 Å². The number of hydrogen-bond acceptors (Lipinski definition) is 3. The number of amides is 1. The highest BCUT2D eigenvalue weighted by Gasteiger charge is 2.26. The van der Waals surface area contributed by atoms with E-state index in [1.54, 1.807) is 7.11 Å². The second kappa shape index (κ2) is 6.57. The molecule has 1 aromatic rings. The quantitative estimate of drug-likeness (QED) is 0.881. The van der Waals surface area contributed by atoms with Gasteiger partial charge in [0.1, 0.15) is 5.75 Å². The number of carbonyl (C=O) groups excluding carboxylic acids is 1. The number of hydrogen-bond donors (Lipinski definition) is 1. The van der Waals surface area contributed by atoms with Gasteiger partial charge in [-0.05, 0) is 37.6 Å². The molecule has 1 atom stereocenters. The minimum absolute atomic E-state index is 0.106. The summed E-state index contributed by atoms with van der Waals surface area (Å²) in [5, 5.41) is 3.32. The lowest BCUT2D eigenvalue weighted by atomic mass is 10.1. The molecular formula is C15H22N2O2. The van der Waals surface area contributed by atoms with Crippen molar-refractivity contribution in [3.63, 3.8) is 0 Å². The van der Waals surface area contributed by atoms with Crippen molar-refractivity contribution in [1.82, 2.24) is 10.2 Å². The number of ether oxygens (including phenoxy) is 1. The van der Waals surface area contributed by atoms with Gasteiger partial charge in [0, 0.05) is 24.7 Å². The molecule has 2 rings (SSSR count). The van der Waals surface area contributed by atoms with Gasteiger partial charge in [-0.15, -0.1) is 0 Å². The fourth-order valence-electron chi connectivity index (χ4n) is 2.52. The molecule has 1 aromatic carbocycles. The van der Waals surface area contributed by atoms with Gasteiger partial charge in [0.25, 0.3) is 5.91 Å². The maximum atomic E-state index is 12.6. The number of carbonyl (C=O) groups is 1. The zero-order valence-electron chi connectivity index (χ0n) is 11.7. The van der Waals surface area contributed by atoms with E-state index in [2.05, 4.69) is 12.2 Å². The van der Waals surface area contributed by atoms with Crippen LogP contribution in [0.15, 0.2) is 24.3 Å². The van der Waals surface area contributed by atoms with Crippen LogP contribution in [0, 0.1) is 0 Å². The van der Waals surface area contributed by atoms with Crippen LogP contribution in [0.3, 0.4) is 0 Å². The average molecular weight is 262 g/mol. The number of rotatable bonds is 5. The molecule has 1 saturated heterocycles. The van der Waals surface area contributed by atoms with Crippen LogP contribution in [0.1, 0.15) is 30.1 Å². The van der Waals surface area contributed by atoms with Crippen molar-refractivity contribution in [2.45, 2.75) is 25.8 Å². The summed E-state index contributed by atoms with van der Waals surface area (Å²) >= 11 is 0. The minimum Gasteiger partial charge on any atom is -0.497 e. The van der Waals surface area contributed by atoms with Crippen LogP contribution in [0.25, 0.3) is 0 Å². The molecule has 1 heterocycles. The molecule has 1 N–H and O–H groups in total. The summed E-state index contributed by atoms with van der Waals surface area (Å²) in [4.78, 5) is 14.6. The third kappa shape index (κ3) is 3.26. The summed E-state index contributed by atoms with van der Waals surface area (Å²) in [7, 11) is 1.62. The van der Waals surface area contributed by atoms with E-state index in [1.807, 2.05) is 29.2 Å². The molecule has 4 nitrogen and oxygen atoms in total. The topological polar surface area (TPSA) is 41.6 Å². The molecule has 19 heavy (non-hydrogen) atoms. The van der Waals surface area contributed by atoms with Gasteiger partial charge in [-0.1, -0.05) is 13.0 Å². The Labute approximate surface area is 114 Å². The van der Waals surface area contributed by atoms with Crippen LogP contribution in [0.2, 0.25) is 0 Å². The number of nitrogens with zero attached hydrogens (tertiary/aromatic N) is 1. The van der Waals surface area contributed by atoms with Crippen LogP contribution in [0.5, 0.6) is 5.75 Å². The van der Waals surface area contributed by atoms with Crippen LogP contribution < -0.4 is 10.1 Å². The predicted molar refractivity (Wildman–Crippen MR) is 75.6 cm³/mol. The normalized spacial score (nSPS) is 18.3. The van der Waals surface area contributed by atoms with E-state index in [9.17, 15) is 4.79 Å². The predicted octanol–water partition coefficient (Wildman–Crippen LogP) is 1.91. The van der Waals surface area contributed by atoms with Gasteiger partial charge in [-0.25, -0.2) is 0 Å². The number of methoxy groups -OCH3 is 1. The SMILES string of the molecule is CCCN(C(=O)c1cccc(OC)c1)[C@H]1CCNC1. The first-order valence-corrected chi connectivity index (χ1v) is 6.92. The molecule has 0 saturated carbocycles. The molecule has 4 heteroatoms. The molecule has 0 aliphatic carbocycles. The molecule has 1 fully saturated rings. The van der Waals surface area contributed by atoms with Crippen molar-refractivity contribution >= 4 is 5.91 Å². The van der Waals surface area contributed by atoms with Gasteiger partial charge >= 0.3 is 0 Å². The largest absolute Gasteiger partial charge is 0.497 e. The third-order valence-electron chi connectivity index (χ3n) is 3.52. The zero-order chi connectivity index (χ0) is 13.7. The average Bonchev–Trinajstić information content (AvgIpc) is 2.98. The first kappa shape index (κ1) is 13.9. The third-order valence-corrected chi connectivity index (χ3v) is 3.52. The molecule has 1 aliphatic heterocycles. The lowest BCUT2D eigenvalue weighted by molar-refractivity contribution is 0.0692. The Balaban J connectivity index is 2.17. The van der Waals surface area contributed by atoms with Gasteiger partial charge in [0.15, 0.2) is 0 Å². The van der Waals surface area contributed by atoms with Crippen molar-refractivity contribution in [2.24, 2.45) is 0 Å². The standard InChI is InChI=1S/C15H22N2O2/c1-3-9-17(13-7-8-16-11-13)15(18)12-5-4-6-14(10-12)19-2/h4-6,10,13,16H,3,7-9,11H2,1-2H3/t13-/m0/s1. The van der Waals surface area contributed by atoms with E-state index >= 15 is 0 Å². The first-order valence-electron chi connectivity index (χ1n) is 6.92. The summed E-state index contributed by atoms with van der Waals surface area (Å²) < 4.78 is 5.19. The number of nitrogens with one attached hydrogen (secondary N) is 1. The summed E-state index contributed by atoms with van der Waals surface area (Å²) in [6, 6.07) is 7.71. The Hall–Kier alpha value is -1.55. The Kier molecular flexibility index (Phi) is 4.80. The second-order valence-electron chi connectivity index (χ2n) is 4.88. The highest BCUT2D eigenvalue weighted by molar-refractivity contribution is 5.94. The van der Waals surface area contributed by atoms with Gasteiger partial charge in [0.2, 0.25) is 0 Å². The zero-order valence-corrected chi connectivity index (χ0v) is 11.7. The minimum atomic E-state index is 0.106. The van der Waals surface area contributed by atoms with E-state index in [-0.39, 0.29) is 5.91 Å². The maximum absolute atomic E-state index is 12.6. The van der Waals surface area contributed by atoms with E-state index in [0.29, 0.717) is 11.6 Å². The smallest absolute Gasteiger partial charge is 0.254 e. The van der Waals surface area contributed by atoms with Gasteiger partial charge in [-0.2, -0.15) is 0 Å². The molecule has 0 spiro atoms. The molecule has 1 aliphatic rings. The Morgan fingerprint density at radius 3 is 3.00 bits per heavy atom. The van der Waals surface area contributed by atoms with Crippen molar-refractivity contribution in [3.8, 4) is 5.75 Å². The Morgan fingerprint density at radius 2 is 2.37 bits per heavy atom. The van der Waals surface area contributed by atoms with Gasteiger partial charge in [-0.3, -0.25) is 4.79 Å². The Bertz CT molecular complexity index is 428.